The Balaban J connectivity index is 2.16. The third kappa shape index (κ3) is 3.12. The molecule has 1 aliphatic heterocycles. The van der Waals surface area contributed by atoms with Gasteiger partial charge in [0.1, 0.15) is 10.8 Å². The van der Waals surface area contributed by atoms with Gasteiger partial charge in [0, 0.05) is 18.7 Å². The summed E-state index contributed by atoms with van der Waals surface area (Å²) >= 11 is 4.90. The molecule has 17 heavy (non-hydrogen) atoms. The third-order valence-corrected chi connectivity index (χ3v) is 2.76. The number of hydrazine groups is 1. The molecule has 4 nitrogen and oxygen atoms in total. The number of halogens is 1. The van der Waals surface area contributed by atoms with Crippen LogP contribution in [0.3, 0.4) is 0 Å². The van der Waals surface area contributed by atoms with E-state index in [0.29, 0.717) is 18.8 Å². The van der Waals surface area contributed by atoms with E-state index in [1.54, 1.807) is 6.07 Å². The van der Waals surface area contributed by atoms with Gasteiger partial charge in [-0.1, -0.05) is 12.2 Å². The van der Waals surface area contributed by atoms with Gasteiger partial charge in [-0.15, -0.1) is 0 Å². The minimum Gasteiger partial charge on any atom is -0.389 e. The molecule has 0 radical (unpaired) electrons. The first-order chi connectivity index (χ1) is 8.16. The second-order valence-corrected chi connectivity index (χ2v) is 4.21. The lowest BCUT2D eigenvalue weighted by Gasteiger charge is -2.28. The summed E-state index contributed by atoms with van der Waals surface area (Å²) in [6.07, 6.45) is 0. The van der Waals surface area contributed by atoms with Crippen molar-refractivity contribution in [3.63, 3.8) is 0 Å². The Labute approximate surface area is 105 Å². The van der Waals surface area contributed by atoms with Crippen LogP contribution in [0.25, 0.3) is 0 Å². The summed E-state index contributed by atoms with van der Waals surface area (Å²) in [6.45, 7) is 2.90. The van der Waals surface area contributed by atoms with Gasteiger partial charge in [0.25, 0.3) is 0 Å². The van der Waals surface area contributed by atoms with Crippen LogP contribution in [0.15, 0.2) is 18.2 Å². The summed E-state index contributed by atoms with van der Waals surface area (Å²) in [5, 5.41) is 2.00. The summed E-state index contributed by atoms with van der Waals surface area (Å²) in [4.78, 5) is 0.181. The summed E-state index contributed by atoms with van der Waals surface area (Å²) in [5.41, 5.74) is 9.99. The molecule has 1 aromatic rings. The number of nitrogens with two attached hydrogens (primary N) is 1. The highest BCUT2D eigenvalue weighted by Crippen LogP contribution is 2.18. The quantitative estimate of drug-likeness (QED) is 0.793. The predicted molar refractivity (Wildman–Crippen MR) is 68.3 cm³/mol. The van der Waals surface area contributed by atoms with E-state index in [4.69, 9.17) is 22.7 Å². The van der Waals surface area contributed by atoms with Gasteiger partial charge in [0.15, 0.2) is 0 Å². The SMILES string of the molecule is NC(=S)c1cc(F)ccc1NN1CCOCC1. The zero-order chi connectivity index (χ0) is 12.3. The number of nitrogens with one attached hydrogen (secondary N) is 1. The van der Waals surface area contributed by atoms with Crippen molar-refractivity contribution >= 4 is 22.9 Å². The maximum Gasteiger partial charge on any atom is 0.124 e. The topological polar surface area (TPSA) is 50.5 Å². The van der Waals surface area contributed by atoms with Crippen LogP contribution in [0.4, 0.5) is 10.1 Å². The van der Waals surface area contributed by atoms with Crippen LogP contribution >= 0.6 is 12.2 Å². The highest BCUT2D eigenvalue weighted by molar-refractivity contribution is 7.80. The van der Waals surface area contributed by atoms with Gasteiger partial charge in [0.05, 0.1) is 18.9 Å². The van der Waals surface area contributed by atoms with Crippen molar-refractivity contribution in [3.8, 4) is 0 Å². The van der Waals surface area contributed by atoms with Gasteiger partial charge in [-0.25, -0.2) is 9.40 Å². The monoisotopic (exact) mass is 255 g/mol. The molecule has 0 amide bonds. The Hall–Kier alpha value is -1.24. The van der Waals surface area contributed by atoms with E-state index in [9.17, 15) is 4.39 Å². The van der Waals surface area contributed by atoms with Crippen molar-refractivity contribution in [2.75, 3.05) is 31.7 Å². The van der Waals surface area contributed by atoms with Crippen LogP contribution < -0.4 is 11.2 Å². The molecule has 0 unspecified atom stereocenters. The predicted octanol–water partition coefficient (Wildman–Crippen LogP) is 1.12. The molecule has 1 heterocycles. The molecular weight excluding hydrogens is 241 g/mol. The zero-order valence-corrected chi connectivity index (χ0v) is 10.1. The molecule has 0 saturated carbocycles. The average Bonchev–Trinajstić information content (AvgIpc) is 2.32. The van der Waals surface area contributed by atoms with Gasteiger partial charge in [-0.05, 0) is 18.2 Å². The van der Waals surface area contributed by atoms with Crippen LogP contribution in [0.2, 0.25) is 0 Å². The lowest BCUT2D eigenvalue weighted by molar-refractivity contribution is 0.0497. The molecule has 1 saturated heterocycles. The normalized spacial score (nSPS) is 16.8. The smallest absolute Gasteiger partial charge is 0.124 e. The molecule has 0 spiro atoms. The Kier molecular flexibility index (Phi) is 3.88. The van der Waals surface area contributed by atoms with Crippen molar-refractivity contribution in [3.05, 3.63) is 29.6 Å². The Morgan fingerprint density at radius 1 is 1.41 bits per heavy atom. The Bertz CT molecular complexity index is 421. The van der Waals surface area contributed by atoms with E-state index in [1.165, 1.54) is 12.1 Å². The summed E-state index contributed by atoms with van der Waals surface area (Å²) in [7, 11) is 0. The largest absolute Gasteiger partial charge is 0.389 e. The molecule has 3 N–H and O–H groups in total. The molecule has 1 aliphatic rings. The van der Waals surface area contributed by atoms with Gasteiger partial charge < -0.3 is 15.9 Å². The van der Waals surface area contributed by atoms with E-state index in [1.807, 2.05) is 5.01 Å². The first-order valence-electron chi connectivity index (χ1n) is 5.35. The number of hydrogen-bond acceptors (Lipinski definition) is 4. The van der Waals surface area contributed by atoms with E-state index in [2.05, 4.69) is 5.43 Å². The number of thiocarbonyl (C=S) groups is 1. The summed E-state index contributed by atoms with van der Waals surface area (Å²) in [6, 6.07) is 4.36. The van der Waals surface area contributed by atoms with Crippen LogP contribution in [-0.2, 0) is 4.74 Å². The van der Waals surface area contributed by atoms with E-state index in [-0.39, 0.29) is 10.8 Å². The van der Waals surface area contributed by atoms with E-state index >= 15 is 0 Å². The minimum absolute atomic E-state index is 0.181. The van der Waals surface area contributed by atoms with Crippen LogP contribution in [0, 0.1) is 5.82 Å². The molecule has 1 fully saturated rings. The lowest BCUT2D eigenvalue weighted by atomic mass is 10.2. The van der Waals surface area contributed by atoms with Gasteiger partial charge in [-0.2, -0.15) is 0 Å². The standard InChI is InChI=1S/C11H14FN3OS/c12-8-1-2-10(9(7-8)11(13)17)14-15-3-5-16-6-4-15/h1-2,7,14H,3-6H2,(H2,13,17). The number of morpholine rings is 1. The minimum atomic E-state index is -0.347. The van der Waals surface area contributed by atoms with Gasteiger partial charge in [0.2, 0.25) is 0 Å². The van der Waals surface area contributed by atoms with E-state index < -0.39 is 0 Å². The zero-order valence-electron chi connectivity index (χ0n) is 9.28. The molecule has 0 atom stereocenters. The second-order valence-electron chi connectivity index (χ2n) is 3.77. The third-order valence-electron chi connectivity index (χ3n) is 2.54. The Morgan fingerprint density at radius 2 is 2.12 bits per heavy atom. The highest BCUT2D eigenvalue weighted by Gasteiger charge is 2.13. The number of rotatable bonds is 3. The summed E-state index contributed by atoms with van der Waals surface area (Å²) < 4.78 is 18.4. The molecular formula is C11H14FN3OS. The first-order valence-corrected chi connectivity index (χ1v) is 5.76. The number of nitrogens with zero attached hydrogens (tertiary/aromatic N) is 1. The molecule has 2 rings (SSSR count). The van der Waals surface area contributed by atoms with Gasteiger partial charge in [-0.3, -0.25) is 0 Å². The maximum atomic E-state index is 13.1. The van der Waals surface area contributed by atoms with Crippen molar-refractivity contribution in [1.29, 1.82) is 0 Å². The van der Waals surface area contributed by atoms with E-state index in [0.717, 1.165) is 18.8 Å². The van der Waals surface area contributed by atoms with Crippen LogP contribution in [-0.4, -0.2) is 36.3 Å². The fourth-order valence-corrected chi connectivity index (χ4v) is 1.83. The maximum absolute atomic E-state index is 13.1. The highest BCUT2D eigenvalue weighted by atomic mass is 32.1. The molecule has 92 valence electrons. The second kappa shape index (κ2) is 5.39. The first kappa shape index (κ1) is 12.2. The molecule has 0 bridgehead atoms. The van der Waals surface area contributed by atoms with Crippen molar-refractivity contribution in [2.45, 2.75) is 0 Å². The van der Waals surface area contributed by atoms with Crippen molar-refractivity contribution in [1.82, 2.24) is 5.01 Å². The molecule has 1 aromatic carbocycles. The molecule has 6 heteroatoms. The van der Waals surface area contributed by atoms with Crippen LogP contribution in [0.1, 0.15) is 5.56 Å². The van der Waals surface area contributed by atoms with Gasteiger partial charge >= 0.3 is 0 Å². The van der Waals surface area contributed by atoms with Crippen LogP contribution in [0.5, 0.6) is 0 Å². The number of hydrogen-bond donors (Lipinski definition) is 2. The number of ether oxygens (including phenoxy) is 1. The number of benzene rings is 1. The van der Waals surface area contributed by atoms with Crippen molar-refractivity contribution in [2.24, 2.45) is 5.73 Å². The fraction of sp³-hybridized carbons (Fsp3) is 0.364. The average molecular weight is 255 g/mol. The lowest BCUT2D eigenvalue weighted by Crippen LogP contribution is -2.40. The Morgan fingerprint density at radius 3 is 2.76 bits per heavy atom. The molecule has 0 aliphatic carbocycles. The number of anilines is 1. The fourth-order valence-electron chi connectivity index (χ4n) is 1.66. The molecule has 0 aromatic heterocycles. The van der Waals surface area contributed by atoms with Crippen molar-refractivity contribution < 1.29 is 9.13 Å². The summed E-state index contributed by atoms with van der Waals surface area (Å²) in [5.74, 6) is -0.347.